The highest BCUT2D eigenvalue weighted by Gasteiger charge is 2.07. The van der Waals surface area contributed by atoms with Crippen LogP contribution in [0.3, 0.4) is 0 Å². The van der Waals surface area contributed by atoms with Crippen LogP contribution in [0.1, 0.15) is 12.5 Å². The number of allylic oxidation sites excluding steroid dienone is 1. The van der Waals surface area contributed by atoms with Crippen molar-refractivity contribution in [2.24, 2.45) is 0 Å². The second-order valence-corrected chi connectivity index (χ2v) is 5.47. The van der Waals surface area contributed by atoms with Crippen LogP contribution in [0.15, 0.2) is 32.9 Å². The molecule has 0 spiro atoms. The zero-order valence-corrected chi connectivity index (χ0v) is 12.0. The Morgan fingerprint density at radius 1 is 0.933 bits per heavy atom. The van der Waals surface area contributed by atoms with Crippen LogP contribution < -0.4 is 0 Å². The summed E-state index contributed by atoms with van der Waals surface area (Å²) in [5, 5.41) is 0. The summed E-state index contributed by atoms with van der Waals surface area (Å²) in [6, 6.07) is 4.52. The highest BCUT2D eigenvalue weighted by atomic mass is 32.2. The average molecular weight is 256 g/mol. The zero-order chi connectivity index (χ0) is 11.3. The van der Waals surface area contributed by atoms with Crippen molar-refractivity contribution in [1.29, 1.82) is 0 Å². The molecule has 0 unspecified atom stereocenters. The van der Waals surface area contributed by atoms with Crippen LogP contribution in [0.5, 0.6) is 0 Å². The molecule has 0 bridgehead atoms. The Balaban J connectivity index is 3.28. The van der Waals surface area contributed by atoms with E-state index in [9.17, 15) is 0 Å². The molecule has 0 saturated heterocycles. The number of benzene rings is 1. The molecule has 0 amide bonds. The predicted octanol–water partition coefficient (Wildman–Crippen LogP) is 4.89. The molecule has 0 nitrogen and oxygen atoms in total. The van der Waals surface area contributed by atoms with Gasteiger partial charge in [-0.3, -0.25) is 0 Å². The highest BCUT2D eigenvalue weighted by Crippen LogP contribution is 2.37. The number of thioether (sulfide) groups is 3. The molecule has 0 aliphatic rings. The Hall–Kier alpha value is 0.01000. The third kappa shape index (κ3) is 3.23. The molecule has 1 aromatic rings. The minimum Gasteiger partial charge on any atom is -0.128 e. The molecule has 3 heteroatoms. The molecule has 1 rings (SSSR count). The Labute approximate surface area is 105 Å². The molecule has 0 aliphatic carbocycles. The smallest absolute Gasteiger partial charge is 0.0342 e. The van der Waals surface area contributed by atoms with Crippen LogP contribution in [0.25, 0.3) is 6.08 Å². The molecule has 0 fully saturated rings. The lowest BCUT2D eigenvalue weighted by Crippen LogP contribution is -1.85. The quantitative estimate of drug-likeness (QED) is 0.704. The molecule has 0 heterocycles. The van der Waals surface area contributed by atoms with E-state index < -0.39 is 0 Å². The van der Waals surface area contributed by atoms with Crippen LogP contribution in [-0.4, -0.2) is 18.8 Å². The Bertz CT molecular complexity index is 331. The number of rotatable bonds is 4. The van der Waals surface area contributed by atoms with Crippen molar-refractivity contribution >= 4 is 41.4 Å². The summed E-state index contributed by atoms with van der Waals surface area (Å²) in [5.74, 6) is 0. The van der Waals surface area contributed by atoms with E-state index in [0.717, 1.165) is 0 Å². The van der Waals surface area contributed by atoms with Gasteiger partial charge < -0.3 is 0 Å². The van der Waals surface area contributed by atoms with Gasteiger partial charge in [-0.15, -0.1) is 35.3 Å². The lowest BCUT2D eigenvalue weighted by molar-refractivity contribution is 1.12. The van der Waals surface area contributed by atoms with E-state index in [0.29, 0.717) is 0 Å². The second kappa shape index (κ2) is 6.56. The third-order valence-corrected chi connectivity index (χ3v) is 4.68. The molecule has 0 aliphatic heterocycles. The van der Waals surface area contributed by atoms with Crippen LogP contribution in [0.4, 0.5) is 0 Å². The maximum absolute atomic E-state index is 2.26. The van der Waals surface area contributed by atoms with Gasteiger partial charge in [0.15, 0.2) is 0 Å². The fourth-order valence-electron chi connectivity index (χ4n) is 1.39. The lowest BCUT2D eigenvalue weighted by Gasteiger charge is -2.11. The number of hydrogen-bond acceptors (Lipinski definition) is 3. The van der Waals surface area contributed by atoms with Crippen molar-refractivity contribution in [3.8, 4) is 0 Å². The SMILES string of the molecule is C/C=C/c1cc(SC)c(SC)c(SC)c1. The van der Waals surface area contributed by atoms with Gasteiger partial charge in [0.25, 0.3) is 0 Å². The number of hydrogen-bond donors (Lipinski definition) is 0. The van der Waals surface area contributed by atoms with Crippen LogP contribution in [0, 0.1) is 0 Å². The molecule has 0 saturated carbocycles. The van der Waals surface area contributed by atoms with E-state index in [1.54, 1.807) is 0 Å². The summed E-state index contributed by atoms with van der Waals surface area (Å²) in [7, 11) is 0. The van der Waals surface area contributed by atoms with Crippen molar-refractivity contribution in [3.63, 3.8) is 0 Å². The topological polar surface area (TPSA) is 0 Å². The van der Waals surface area contributed by atoms with Crippen molar-refractivity contribution < 1.29 is 0 Å². The van der Waals surface area contributed by atoms with E-state index in [1.165, 1.54) is 20.2 Å². The van der Waals surface area contributed by atoms with Gasteiger partial charge in [-0.25, -0.2) is 0 Å². The molecule has 1 aromatic carbocycles. The van der Waals surface area contributed by atoms with Gasteiger partial charge in [0.05, 0.1) is 0 Å². The van der Waals surface area contributed by atoms with E-state index >= 15 is 0 Å². The minimum atomic E-state index is 1.30. The molecule has 0 radical (unpaired) electrons. The van der Waals surface area contributed by atoms with Gasteiger partial charge in [-0.2, -0.15) is 0 Å². The van der Waals surface area contributed by atoms with Gasteiger partial charge in [0.1, 0.15) is 0 Å². The van der Waals surface area contributed by atoms with Gasteiger partial charge in [0, 0.05) is 14.7 Å². The van der Waals surface area contributed by atoms with E-state index in [2.05, 4.69) is 50.0 Å². The average Bonchev–Trinajstić information content (AvgIpc) is 2.28. The van der Waals surface area contributed by atoms with E-state index in [1.807, 2.05) is 35.3 Å². The monoisotopic (exact) mass is 256 g/mol. The van der Waals surface area contributed by atoms with E-state index in [-0.39, 0.29) is 0 Å². The van der Waals surface area contributed by atoms with Gasteiger partial charge >= 0.3 is 0 Å². The first-order valence-electron chi connectivity index (χ1n) is 4.69. The summed E-state index contributed by atoms with van der Waals surface area (Å²) in [6.07, 6.45) is 10.7. The summed E-state index contributed by atoms with van der Waals surface area (Å²) in [5.41, 5.74) is 1.30. The van der Waals surface area contributed by atoms with Crippen molar-refractivity contribution in [2.45, 2.75) is 21.6 Å². The van der Waals surface area contributed by atoms with Crippen molar-refractivity contribution in [2.75, 3.05) is 18.8 Å². The van der Waals surface area contributed by atoms with Crippen molar-refractivity contribution in [1.82, 2.24) is 0 Å². The second-order valence-electron chi connectivity index (χ2n) is 2.96. The maximum atomic E-state index is 2.26. The molecule has 0 aromatic heterocycles. The summed E-state index contributed by atoms with van der Waals surface area (Å²) in [4.78, 5) is 4.16. The highest BCUT2D eigenvalue weighted by molar-refractivity contribution is 8.03. The van der Waals surface area contributed by atoms with Gasteiger partial charge in [-0.05, 0) is 43.4 Å². The van der Waals surface area contributed by atoms with Gasteiger partial charge in [-0.1, -0.05) is 12.2 Å². The van der Waals surface area contributed by atoms with Crippen LogP contribution >= 0.6 is 35.3 Å². The zero-order valence-electron chi connectivity index (χ0n) is 9.53. The first-order chi connectivity index (χ1) is 7.26. The predicted molar refractivity (Wildman–Crippen MR) is 76.5 cm³/mol. The molecule has 82 valence electrons. The normalized spacial score (nSPS) is 11.2. The maximum Gasteiger partial charge on any atom is 0.0342 e. The molecular formula is C12H16S3. The van der Waals surface area contributed by atoms with Crippen LogP contribution in [0.2, 0.25) is 0 Å². The Morgan fingerprint density at radius 2 is 1.47 bits per heavy atom. The first kappa shape index (κ1) is 13.1. The first-order valence-corrected chi connectivity index (χ1v) is 8.37. The largest absolute Gasteiger partial charge is 0.128 e. The summed E-state index contributed by atoms with van der Waals surface area (Å²) >= 11 is 5.48. The molecule has 15 heavy (non-hydrogen) atoms. The fourth-order valence-corrected chi connectivity index (χ4v) is 4.07. The van der Waals surface area contributed by atoms with E-state index in [4.69, 9.17) is 0 Å². The van der Waals surface area contributed by atoms with Gasteiger partial charge in [0.2, 0.25) is 0 Å². The summed E-state index contributed by atoms with van der Waals surface area (Å²) in [6.45, 7) is 2.06. The fraction of sp³-hybridized carbons (Fsp3) is 0.333. The molecular weight excluding hydrogens is 240 g/mol. The van der Waals surface area contributed by atoms with Crippen molar-refractivity contribution in [3.05, 3.63) is 23.8 Å². The van der Waals surface area contributed by atoms with Crippen LogP contribution in [-0.2, 0) is 0 Å². The minimum absolute atomic E-state index is 1.30. The lowest BCUT2D eigenvalue weighted by atomic mass is 10.2. The standard InChI is InChI=1S/C12H16S3/c1-5-6-9-7-10(13-2)12(15-4)11(8-9)14-3/h5-8H,1-4H3/b6-5+. The molecule has 0 atom stereocenters. The Morgan fingerprint density at radius 3 is 1.80 bits per heavy atom. The third-order valence-electron chi connectivity index (χ3n) is 2.05. The Kier molecular flexibility index (Phi) is 5.72. The summed E-state index contributed by atoms with van der Waals surface area (Å²) < 4.78 is 0. The molecule has 0 N–H and O–H groups in total.